The largest absolute Gasteiger partial charge is 0.433 e. The van der Waals surface area contributed by atoms with Crippen LogP contribution >= 0.6 is 0 Å². The smallest absolute Gasteiger partial charge is 0.387 e. The van der Waals surface area contributed by atoms with Crippen LogP contribution in [0.3, 0.4) is 0 Å². The molecule has 0 bridgehead atoms. The van der Waals surface area contributed by atoms with Gasteiger partial charge in [0.2, 0.25) is 11.8 Å². The van der Waals surface area contributed by atoms with Crippen LogP contribution in [0.25, 0.3) is 0 Å². The molecule has 1 heterocycles. The van der Waals surface area contributed by atoms with Gasteiger partial charge in [-0.2, -0.15) is 8.78 Å². The Balaban J connectivity index is 2.28. The summed E-state index contributed by atoms with van der Waals surface area (Å²) >= 11 is 0. The van der Waals surface area contributed by atoms with Gasteiger partial charge in [-0.3, -0.25) is 19.2 Å². The Hall–Kier alpha value is -3.28. The summed E-state index contributed by atoms with van der Waals surface area (Å²) in [6.45, 7) is 0.203. The van der Waals surface area contributed by atoms with Crippen molar-refractivity contribution < 1.29 is 37.4 Å². The zero-order chi connectivity index (χ0) is 22.4. The number of alkyl halides is 2. The molecule has 0 saturated carbocycles. The summed E-state index contributed by atoms with van der Waals surface area (Å²) in [7, 11) is 0. The number of ether oxygens (including phenoxy) is 2. The molecule has 2 rings (SSSR count). The lowest BCUT2D eigenvalue weighted by Crippen LogP contribution is -2.52. The first kappa shape index (κ1) is 23.0. The molecule has 1 fully saturated rings. The summed E-state index contributed by atoms with van der Waals surface area (Å²) in [4.78, 5) is 49.1. The number of halogens is 2. The van der Waals surface area contributed by atoms with E-state index in [1.54, 1.807) is 13.8 Å². The number of morpholine rings is 1. The molecule has 0 aromatic heterocycles. The average molecular weight is 428 g/mol. The fraction of sp³-hybridized carbons (Fsp3) is 0.444. The van der Waals surface area contributed by atoms with E-state index in [-0.39, 0.29) is 37.0 Å². The predicted molar refractivity (Wildman–Crippen MR) is 101 cm³/mol. The van der Waals surface area contributed by atoms with Crippen LogP contribution in [0.5, 0.6) is 5.75 Å². The Morgan fingerprint density at radius 2 is 1.93 bits per heavy atom. The number of benzene rings is 1. The molecule has 0 spiro atoms. The average Bonchev–Trinajstić information content (AvgIpc) is 2.66. The second-order valence-corrected chi connectivity index (χ2v) is 6.64. The van der Waals surface area contributed by atoms with Crippen LogP contribution < -0.4 is 26.0 Å². The fourth-order valence-electron chi connectivity index (χ4n) is 2.55. The maximum absolute atomic E-state index is 12.9. The molecule has 1 aliphatic heterocycles. The number of anilines is 2. The minimum atomic E-state index is -3.22. The molecule has 1 saturated heterocycles. The molecule has 4 amide bonds. The van der Waals surface area contributed by atoms with E-state index in [0.29, 0.717) is 0 Å². The Bertz CT molecular complexity index is 833. The molecule has 30 heavy (non-hydrogen) atoms. The lowest BCUT2D eigenvalue weighted by atomic mass is 10.1. The van der Waals surface area contributed by atoms with E-state index in [4.69, 9.17) is 10.5 Å². The SMILES string of the molecule is CC(C)C(=O)N[C@H](C(N)=O)C(=O)Nc1ccc(N2CCOCC2=O)cc1OC(F)F. The van der Waals surface area contributed by atoms with Crippen LogP contribution in [-0.2, 0) is 23.9 Å². The first-order chi connectivity index (χ1) is 14.1. The number of rotatable bonds is 8. The van der Waals surface area contributed by atoms with Gasteiger partial charge in [-0.15, -0.1) is 0 Å². The molecular formula is C18H22F2N4O6. The quantitative estimate of drug-likeness (QED) is 0.506. The number of hydrogen-bond acceptors (Lipinski definition) is 6. The van der Waals surface area contributed by atoms with Crippen LogP contribution in [0.2, 0.25) is 0 Å². The maximum Gasteiger partial charge on any atom is 0.387 e. The molecule has 1 aromatic rings. The summed E-state index contributed by atoms with van der Waals surface area (Å²) < 4.78 is 35.2. The second kappa shape index (κ2) is 9.96. The third-order valence-electron chi connectivity index (χ3n) is 4.09. The van der Waals surface area contributed by atoms with Gasteiger partial charge >= 0.3 is 6.61 Å². The lowest BCUT2D eigenvalue weighted by Gasteiger charge is -2.27. The highest BCUT2D eigenvalue weighted by Gasteiger charge is 2.29. The predicted octanol–water partition coefficient (Wildman–Crippen LogP) is 0.216. The molecule has 1 atom stereocenters. The van der Waals surface area contributed by atoms with Gasteiger partial charge in [0.05, 0.1) is 12.3 Å². The summed E-state index contributed by atoms with van der Waals surface area (Å²) in [6.07, 6.45) is 0. The van der Waals surface area contributed by atoms with Crippen molar-refractivity contribution in [3.63, 3.8) is 0 Å². The Kier molecular flexibility index (Phi) is 7.64. The molecule has 0 unspecified atom stereocenters. The number of amides is 4. The molecule has 0 aliphatic carbocycles. The number of hydrogen-bond donors (Lipinski definition) is 3. The van der Waals surface area contributed by atoms with E-state index < -0.39 is 42.0 Å². The third kappa shape index (κ3) is 5.86. The maximum atomic E-state index is 12.9. The van der Waals surface area contributed by atoms with Gasteiger partial charge in [0, 0.05) is 24.2 Å². The number of carbonyl (C=O) groups excluding carboxylic acids is 4. The second-order valence-electron chi connectivity index (χ2n) is 6.64. The molecule has 0 radical (unpaired) electrons. The van der Waals surface area contributed by atoms with E-state index in [9.17, 15) is 28.0 Å². The van der Waals surface area contributed by atoms with Gasteiger partial charge in [-0.1, -0.05) is 13.8 Å². The highest BCUT2D eigenvalue weighted by Crippen LogP contribution is 2.32. The van der Waals surface area contributed by atoms with Gasteiger partial charge in [0.1, 0.15) is 6.61 Å². The molecule has 12 heteroatoms. The van der Waals surface area contributed by atoms with E-state index in [1.165, 1.54) is 17.0 Å². The van der Waals surface area contributed by atoms with Crippen LogP contribution in [0.1, 0.15) is 13.8 Å². The number of nitrogens with two attached hydrogens (primary N) is 1. The van der Waals surface area contributed by atoms with Gasteiger partial charge < -0.3 is 30.7 Å². The van der Waals surface area contributed by atoms with E-state index in [1.807, 2.05) is 0 Å². The first-order valence-corrected chi connectivity index (χ1v) is 8.97. The van der Waals surface area contributed by atoms with Crippen molar-refractivity contribution in [2.45, 2.75) is 26.5 Å². The molecular weight excluding hydrogens is 406 g/mol. The van der Waals surface area contributed by atoms with E-state index in [2.05, 4.69) is 15.4 Å². The van der Waals surface area contributed by atoms with Crippen molar-refractivity contribution in [2.24, 2.45) is 11.7 Å². The third-order valence-corrected chi connectivity index (χ3v) is 4.09. The monoisotopic (exact) mass is 428 g/mol. The Morgan fingerprint density at radius 3 is 2.50 bits per heavy atom. The topological polar surface area (TPSA) is 140 Å². The number of nitrogens with one attached hydrogen (secondary N) is 2. The van der Waals surface area contributed by atoms with Gasteiger partial charge in [-0.05, 0) is 12.1 Å². The van der Waals surface area contributed by atoms with Crippen molar-refractivity contribution in [3.05, 3.63) is 18.2 Å². The van der Waals surface area contributed by atoms with E-state index >= 15 is 0 Å². The zero-order valence-electron chi connectivity index (χ0n) is 16.3. The molecule has 10 nitrogen and oxygen atoms in total. The molecule has 164 valence electrons. The Labute approximate surface area is 170 Å². The first-order valence-electron chi connectivity index (χ1n) is 8.97. The summed E-state index contributed by atoms with van der Waals surface area (Å²) in [5.74, 6) is -4.10. The summed E-state index contributed by atoms with van der Waals surface area (Å²) in [5.41, 5.74) is 5.24. The van der Waals surface area contributed by atoms with Gasteiger partial charge in [0.15, 0.2) is 11.8 Å². The zero-order valence-corrected chi connectivity index (χ0v) is 16.3. The van der Waals surface area contributed by atoms with Gasteiger partial charge in [0.25, 0.3) is 11.8 Å². The minimum Gasteiger partial charge on any atom is -0.433 e. The molecule has 1 aromatic carbocycles. The lowest BCUT2D eigenvalue weighted by molar-refractivity contribution is -0.134. The van der Waals surface area contributed by atoms with Crippen molar-refractivity contribution >= 4 is 35.0 Å². The Morgan fingerprint density at radius 1 is 1.23 bits per heavy atom. The summed E-state index contributed by atoms with van der Waals surface area (Å²) in [6, 6.07) is 2.07. The standard InChI is InChI=1S/C18H22F2N4O6/c1-9(2)16(27)23-14(15(21)26)17(28)22-11-4-3-10(7-12(11)30-18(19)20)24-5-6-29-8-13(24)25/h3-4,7,9,14,18H,5-6,8H2,1-2H3,(H2,21,26)(H,22,28)(H,23,27)/t14-/m1/s1. The van der Waals surface area contributed by atoms with Crippen LogP contribution in [0.15, 0.2) is 18.2 Å². The fourth-order valence-corrected chi connectivity index (χ4v) is 2.55. The van der Waals surface area contributed by atoms with Crippen LogP contribution in [-0.4, -0.2) is 56.0 Å². The van der Waals surface area contributed by atoms with E-state index in [0.717, 1.165) is 6.07 Å². The van der Waals surface area contributed by atoms with Crippen molar-refractivity contribution in [1.82, 2.24) is 5.32 Å². The molecule has 4 N–H and O–H groups in total. The highest BCUT2D eigenvalue weighted by molar-refractivity contribution is 6.12. The minimum absolute atomic E-state index is 0.153. The van der Waals surface area contributed by atoms with Crippen molar-refractivity contribution in [3.8, 4) is 5.75 Å². The number of nitrogens with zero attached hydrogens (tertiary/aromatic N) is 1. The number of carbonyl (C=O) groups is 4. The normalized spacial score (nSPS) is 15.1. The highest BCUT2D eigenvalue weighted by atomic mass is 19.3. The molecule has 1 aliphatic rings. The van der Waals surface area contributed by atoms with Crippen molar-refractivity contribution in [2.75, 3.05) is 30.0 Å². The van der Waals surface area contributed by atoms with Crippen LogP contribution in [0, 0.1) is 5.92 Å². The summed E-state index contributed by atoms with van der Waals surface area (Å²) in [5, 5.41) is 4.43. The van der Waals surface area contributed by atoms with Gasteiger partial charge in [-0.25, -0.2) is 0 Å². The van der Waals surface area contributed by atoms with Crippen LogP contribution in [0.4, 0.5) is 20.2 Å². The number of primary amides is 1. The van der Waals surface area contributed by atoms with Crippen molar-refractivity contribution in [1.29, 1.82) is 0 Å².